The number of nitrogens with zero attached hydrogens (tertiary/aromatic N) is 2. The van der Waals surface area contributed by atoms with Crippen molar-refractivity contribution in [3.8, 4) is 0 Å². The van der Waals surface area contributed by atoms with Gasteiger partial charge in [-0.3, -0.25) is 0 Å². The molecule has 5 heteroatoms. The quantitative estimate of drug-likeness (QED) is 0.930. The number of carboxylic acid groups (broad SMARTS) is 1. The van der Waals surface area contributed by atoms with E-state index in [1.807, 2.05) is 36.4 Å². The van der Waals surface area contributed by atoms with E-state index in [9.17, 15) is 9.90 Å². The van der Waals surface area contributed by atoms with E-state index in [0.29, 0.717) is 5.82 Å². The number of aryl methyl sites for hydroxylation is 1. The number of hydrogen-bond acceptors (Lipinski definition) is 4. The minimum absolute atomic E-state index is 0.0902. The van der Waals surface area contributed by atoms with Crippen molar-refractivity contribution >= 4 is 23.1 Å². The van der Waals surface area contributed by atoms with Crippen LogP contribution in [-0.2, 0) is 0 Å². The van der Waals surface area contributed by atoms with Crippen molar-refractivity contribution in [1.29, 1.82) is 0 Å². The van der Waals surface area contributed by atoms with E-state index in [2.05, 4.69) is 4.98 Å². The molecule has 100 valence electrons. The Morgan fingerprint density at radius 1 is 1.47 bits per heavy atom. The molecule has 19 heavy (non-hydrogen) atoms. The first kappa shape index (κ1) is 13.5. The minimum Gasteiger partial charge on any atom is -0.478 e. The third kappa shape index (κ3) is 2.61. The molecular weight excluding hydrogens is 260 g/mol. The molecule has 1 unspecified atom stereocenters. The highest BCUT2D eigenvalue weighted by molar-refractivity contribution is 7.10. The molecule has 0 aliphatic rings. The summed E-state index contributed by atoms with van der Waals surface area (Å²) in [4.78, 5) is 18.7. The molecule has 4 nitrogen and oxygen atoms in total. The van der Waals surface area contributed by atoms with Crippen LogP contribution in [0.3, 0.4) is 0 Å². The number of carbonyl (C=O) groups is 1. The monoisotopic (exact) mass is 276 g/mol. The number of anilines is 1. The van der Waals surface area contributed by atoms with Gasteiger partial charge in [0, 0.05) is 18.1 Å². The number of hydrogen-bond donors (Lipinski definition) is 1. The predicted molar refractivity (Wildman–Crippen MR) is 77.1 cm³/mol. The Morgan fingerprint density at radius 3 is 2.79 bits per heavy atom. The van der Waals surface area contributed by atoms with E-state index in [-0.39, 0.29) is 11.6 Å². The fourth-order valence-corrected chi connectivity index (χ4v) is 2.81. The summed E-state index contributed by atoms with van der Waals surface area (Å²) in [5.74, 6) is -0.431. The van der Waals surface area contributed by atoms with Crippen molar-refractivity contribution in [3.63, 3.8) is 0 Å². The standard InChI is InChI=1S/C14H16N2O2S/c1-9-6-7-15-13(12(9)14(17)18)16(3)10(2)11-5-4-8-19-11/h4-8,10H,1-3H3,(H,17,18). The predicted octanol–water partition coefficient (Wildman–Crippen LogP) is 3.35. The SMILES string of the molecule is Cc1ccnc(N(C)C(C)c2cccs2)c1C(=O)O. The average Bonchev–Trinajstić information content (AvgIpc) is 2.90. The lowest BCUT2D eigenvalue weighted by atomic mass is 10.1. The van der Waals surface area contributed by atoms with Crippen LogP contribution in [0.2, 0.25) is 0 Å². The number of rotatable bonds is 4. The van der Waals surface area contributed by atoms with Crippen molar-refractivity contribution in [2.75, 3.05) is 11.9 Å². The lowest BCUT2D eigenvalue weighted by Crippen LogP contribution is -2.24. The molecule has 0 amide bonds. The molecule has 0 saturated carbocycles. The van der Waals surface area contributed by atoms with Crippen LogP contribution in [0.1, 0.15) is 33.8 Å². The van der Waals surface area contributed by atoms with Gasteiger partial charge in [0.05, 0.1) is 6.04 Å². The van der Waals surface area contributed by atoms with Crippen LogP contribution in [-0.4, -0.2) is 23.1 Å². The molecule has 0 aliphatic heterocycles. The van der Waals surface area contributed by atoms with Crippen LogP contribution in [0.25, 0.3) is 0 Å². The van der Waals surface area contributed by atoms with Crippen LogP contribution in [0.15, 0.2) is 29.8 Å². The third-order valence-corrected chi connectivity index (χ3v) is 4.27. The van der Waals surface area contributed by atoms with Gasteiger partial charge in [-0.05, 0) is 36.9 Å². The Morgan fingerprint density at radius 2 is 2.21 bits per heavy atom. The van der Waals surface area contributed by atoms with E-state index in [0.717, 1.165) is 5.56 Å². The maximum atomic E-state index is 11.4. The highest BCUT2D eigenvalue weighted by atomic mass is 32.1. The Bertz CT molecular complexity index is 581. The molecule has 2 heterocycles. The molecule has 0 fully saturated rings. The normalized spacial score (nSPS) is 12.2. The Labute approximate surface area is 116 Å². The minimum atomic E-state index is -0.939. The maximum Gasteiger partial charge on any atom is 0.339 e. The fourth-order valence-electron chi connectivity index (χ4n) is 1.98. The van der Waals surface area contributed by atoms with Crippen LogP contribution >= 0.6 is 11.3 Å². The molecule has 0 bridgehead atoms. The lowest BCUT2D eigenvalue weighted by Gasteiger charge is -2.26. The van der Waals surface area contributed by atoms with E-state index < -0.39 is 5.97 Å². The zero-order valence-corrected chi connectivity index (χ0v) is 11.9. The first-order valence-corrected chi connectivity index (χ1v) is 6.85. The highest BCUT2D eigenvalue weighted by Gasteiger charge is 2.21. The van der Waals surface area contributed by atoms with Gasteiger partial charge in [0.15, 0.2) is 0 Å². The number of pyridine rings is 1. The van der Waals surface area contributed by atoms with Crippen LogP contribution in [0.5, 0.6) is 0 Å². The van der Waals surface area contributed by atoms with Gasteiger partial charge < -0.3 is 10.0 Å². The first-order chi connectivity index (χ1) is 9.02. The summed E-state index contributed by atoms with van der Waals surface area (Å²) in [5.41, 5.74) is 0.996. The molecule has 2 aromatic heterocycles. The summed E-state index contributed by atoms with van der Waals surface area (Å²) in [7, 11) is 1.87. The highest BCUT2D eigenvalue weighted by Crippen LogP contribution is 2.30. The number of carboxylic acids is 1. The first-order valence-electron chi connectivity index (χ1n) is 5.97. The van der Waals surface area contributed by atoms with Gasteiger partial charge in [-0.2, -0.15) is 0 Å². The lowest BCUT2D eigenvalue weighted by molar-refractivity contribution is 0.0696. The largest absolute Gasteiger partial charge is 0.478 e. The summed E-state index contributed by atoms with van der Waals surface area (Å²) in [6, 6.07) is 5.84. The van der Waals surface area contributed by atoms with Crippen LogP contribution < -0.4 is 4.90 Å². The molecule has 0 aromatic carbocycles. The van der Waals surface area contributed by atoms with Gasteiger partial charge >= 0.3 is 5.97 Å². The van der Waals surface area contributed by atoms with E-state index in [1.54, 1.807) is 30.5 Å². The molecule has 1 N–H and O–H groups in total. The summed E-state index contributed by atoms with van der Waals surface area (Å²) in [5, 5.41) is 11.4. The zero-order valence-electron chi connectivity index (χ0n) is 11.1. The molecule has 0 spiro atoms. The Kier molecular flexibility index (Phi) is 3.85. The summed E-state index contributed by atoms with van der Waals surface area (Å²) in [6.07, 6.45) is 1.65. The molecule has 0 saturated heterocycles. The van der Waals surface area contributed by atoms with Gasteiger partial charge in [-0.1, -0.05) is 6.07 Å². The maximum absolute atomic E-state index is 11.4. The summed E-state index contributed by atoms with van der Waals surface area (Å²) < 4.78 is 0. The van der Waals surface area contributed by atoms with E-state index in [4.69, 9.17) is 0 Å². The third-order valence-electron chi connectivity index (χ3n) is 3.22. The second-order valence-corrected chi connectivity index (χ2v) is 5.41. The molecule has 0 radical (unpaired) electrons. The number of aromatic nitrogens is 1. The van der Waals surface area contributed by atoms with E-state index in [1.165, 1.54) is 4.88 Å². The Balaban J connectivity index is 2.42. The molecule has 0 aliphatic carbocycles. The molecule has 1 atom stereocenters. The van der Waals surface area contributed by atoms with Crippen LogP contribution in [0, 0.1) is 6.92 Å². The van der Waals surface area contributed by atoms with Crippen molar-refractivity contribution in [2.45, 2.75) is 19.9 Å². The summed E-state index contributed by atoms with van der Waals surface area (Å²) in [6.45, 7) is 3.83. The smallest absolute Gasteiger partial charge is 0.339 e. The van der Waals surface area contributed by atoms with Crippen molar-refractivity contribution in [3.05, 3.63) is 45.8 Å². The zero-order chi connectivity index (χ0) is 14.0. The van der Waals surface area contributed by atoms with E-state index >= 15 is 0 Å². The van der Waals surface area contributed by atoms with Gasteiger partial charge in [0.25, 0.3) is 0 Å². The second-order valence-electron chi connectivity index (χ2n) is 4.43. The van der Waals surface area contributed by atoms with Gasteiger partial charge in [-0.25, -0.2) is 9.78 Å². The van der Waals surface area contributed by atoms with Gasteiger partial charge in [0.1, 0.15) is 11.4 Å². The number of thiophene rings is 1. The number of aromatic carboxylic acids is 1. The van der Waals surface area contributed by atoms with Crippen LogP contribution in [0.4, 0.5) is 5.82 Å². The molecular formula is C14H16N2O2S. The van der Waals surface area contributed by atoms with Crippen molar-refractivity contribution in [2.24, 2.45) is 0 Å². The topological polar surface area (TPSA) is 53.4 Å². The Hall–Kier alpha value is -1.88. The van der Waals surface area contributed by atoms with Gasteiger partial charge in [-0.15, -0.1) is 11.3 Å². The molecule has 2 rings (SSSR count). The summed E-state index contributed by atoms with van der Waals surface area (Å²) >= 11 is 1.66. The van der Waals surface area contributed by atoms with Gasteiger partial charge in [0.2, 0.25) is 0 Å². The fraction of sp³-hybridized carbons (Fsp3) is 0.286. The van der Waals surface area contributed by atoms with Crippen molar-refractivity contribution < 1.29 is 9.90 Å². The molecule has 2 aromatic rings. The second kappa shape index (κ2) is 5.40. The van der Waals surface area contributed by atoms with Crippen molar-refractivity contribution in [1.82, 2.24) is 4.98 Å². The average molecular weight is 276 g/mol.